The van der Waals surface area contributed by atoms with Crippen LogP contribution in [0.5, 0.6) is 5.75 Å². The molecule has 0 radical (unpaired) electrons. The fourth-order valence-corrected chi connectivity index (χ4v) is 8.18. The summed E-state index contributed by atoms with van der Waals surface area (Å²) in [6.07, 6.45) is 5.83. The fraction of sp³-hybridized carbons (Fsp3) is 0.250. The lowest BCUT2D eigenvalue weighted by molar-refractivity contribution is 0.122. The van der Waals surface area contributed by atoms with Crippen LogP contribution in [0, 0.1) is 11.6 Å². The van der Waals surface area contributed by atoms with Gasteiger partial charge in [-0.1, -0.05) is 67.9 Å². The normalized spacial score (nSPS) is 19.5. The van der Waals surface area contributed by atoms with E-state index in [0.29, 0.717) is 29.4 Å². The highest BCUT2D eigenvalue weighted by Crippen LogP contribution is 2.60. The first-order valence-corrected chi connectivity index (χ1v) is 16.4. The molecule has 1 fully saturated rings. The Hall–Kier alpha value is -4.19. The van der Waals surface area contributed by atoms with Gasteiger partial charge in [0.05, 0.1) is 13.2 Å². The van der Waals surface area contributed by atoms with E-state index in [-0.39, 0.29) is 11.6 Å². The van der Waals surface area contributed by atoms with E-state index in [2.05, 4.69) is 55.2 Å². The highest BCUT2D eigenvalue weighted by Gasteiger charge is 2.47. The molecule has 2 heterocycles. The zero-order valence-corrected chi connectivity index (χ0v) is 26.6. The maximum absolute atomic E-state index is 15.1. The van der Waals surface area contributed by atoms with E-state index < -0.39 is 11.0 Å². The zero-order chi connectivity index (χ0) is 31.6. The van der Waals surface area contributed by atoms with E-state index in [0.717, 1.165) is 75.9 Å². The summed E-state index contributed by atoms with van der Waals surface area (Å²) >= 11 is 6.37. The van der Waals surface area contributed by atoms with E-state index in [1.807, 2.05) is 36.4 Å². The molecule has 0 amide bonds. The summed E-state index contributed by atoms with van der Waals surface area (Å²) < 4.78 is 42.9. The molecule has 2 aliphatic heterocycles. The molecule has 0 aromatic heterocycles. The van der Waals surface area contributed by atoms with E-state index in [4.69, 9.17) is 21.1 Å². The smallest absolute Gasteiger partial charge is 0.178 e. The second-order valence-corrected chi connectivity index (χ2v) is 12.9. The van der Waals surface area contributed by atoms with E-state index in [1.54, 1.807) is 12.1 Å². The molecule has 1 aliphatic carbocycles. The number of benzene rings is 5. The summed E-state index contributed by atoms with van der Waals surface area (Å²) in [6.45, 7) is 7.43. The Morgan fingerprint density at radius 3 is 2.13 bits per heavy atom. The average molecular weight is 634 g/mol. The monoisotopic (exact) mass is 633 g/mol. The third-order valence-electron chi connectivity index (χ3n) is 10.4. The number of anilines is 1. The van der Waals surface area contributed by atoms with E-state index in [1.165, 1.54) is 12.1 Å². The number of nitrogens with zero attached hydrogens (tertiary/aromatic N) is 1. The summed E-state index contributed by atoms with van der Waals surface area (Å²) in [7, 11) is 0. The molecule has 1 saturated heterocycles. The Morgan fingerprint density at radius 2 is 1.43 bits per heavy atom. The van der Waals surface area contributed by atoms with Gasteiger partial charge in [-0.25, -0.2) is 8.78 Å². The first kappa shape index (κ1) is 29.2. The summed E-state index contributed by atoms with van der Waals surface area (Å²) in [5.74, 6) is 0.0352. The Bertz CT molecular complexity index is 2010. The zero-order valence-electron chi connectivity index (χ0n) is 25.9. The highest BCUT2D eigenvalue weighted by molar-refractivity contribution is 6.30. The van der Waals surface area contributed by atoms with Crippen molar-refractivity contribution in [1.29, 1.82) is 0 Å². The lowest BCUT2D eigenvalue weighted by atomic mass is 9.71. The second kappa shape index (κ2) is 11.0. The molecule has 0 bridgehead atoms. The van der Waals surface area contributed by atoms with E-state index >= 15 is 4.39 Å². The van der Waals surface area contributed by atoms with Gasteiger partial charge in [0, 0.05) is 51.3 Å². The molecule has 0 saturated carbocycles. The lowest BCUT2D eigenvalue weighted by Crippen LogP contribution is -2.37. The first-order chi connectivity index (χ1) is 22.4. The van der Waals surface area contributed by atoms with Gasteiger partial charge >= 0.3 is 0 Å². The van der Waals surface area contributed by atoms with Gasteiger partial charge in [-0.05, 0) is 95.1 Å². The van der Waals surface area contributed by atoms with Gasteiger partial charge in [-0.3, -0.25) is 0 Å². The Labute approximate surface area is 273 Å². The molecule has 6 heteroatoms. The molecular weight excluding hydrogens is 600 g/mol. The molecule has 3 aliphatic rings. The largest absolute Gasteiger partial charge is 0.472 e. The number of ether oxygens (including phenoxy) is 2. The molecule has 1 atom stereocenters. The Morgan fingerprint density at radius 1 is 0.783 bits per heavy atom. The number of morpholine rings is 1. The minimum absolute atomic E-state index is 0.254. The molecular formula is C40H34ClF2NO2. The van der Waals surface area contributed by atoms with Crippen LogP contribution in [-0.4, -0.2) is 26.3 Å². The van der Waals surface area contributed by atoms with Crippen molar-refractivity contribution in [3.8, 4) is 16.9 Å². The maximum atomic E-state index is 15.1. The van der Waals surface area contributed by atoms with Gasteiger partial charge in [0.25, 0.3) is 0 Å². The van der Waals surface area contributed by atoms with Crippen LogP contribution in [0.25, 0.3) is 28.0 Å². The van der Waals surface area contributed by atoms with Gasteiger partial charge in [-0.15, -0.1) is 0 Å². The molecule has 46 heavy (non-hydrogen) atoms. The molecule has 5 aromatic carbocycles. The summed E-state index contributed by atoms with van der Waals surface area (Å²) in [6, 6.07) is 26.3. The first-order valence-electron chi connectivity index (χ1n) is 16.1. The van der Waals surface area contributed by atoms with Gasteiger partial charge < -0.3 is 14.4 Å². The maximum Gasteiger partial charge on any atom is 0.178 e. The third kappa shape index (κ3) is 4.25. The van der Waals surface area contributed by atoms with Crippen LogP contribution in [0.2, 0.25) is 5.02 Å². The lowest BCUT2D eigenvalue weighted by Gasteiger charge is -2.39. The van der Waals surface area contributed by atoms with Gasteiger partial charge in [0.1, 0.15) is 17.4 Å². The standard InChI is InChI=1S/C40H34ClF2NO2/c1-3-39(4-2)35-24-29(43)12-16-32(35)36-31-15-11-28(42)23-34(31)38-33(37(36)39)17-18-40(46-38,25-5-9-27(41)10-6-25)26-7-13-30(14-8-26)44-19-21-45-22-20-44/h5-18,23-24H,3-4,19-22H2,1-2H3. The summed E-state index contributed by atoms with van der Waals surface area (Å²) in [5.41, 5.74) is 6.61. The second-order valence-electron chi connectivity index (χ2n) is 12.5. The topological polar surface area (TPSA) is 21.7 Å². The van der Waals surface area contributed by atoms with Gasteiger partial charge in [0.15, 0.2) is 5.60 Å². The molecule has 8 rings (SSSR count). The summed E-state index contributed by atoms with van der Waals surface area (Å²) in [5, 5.41) is 2.22. The van der Waals surface area contributed by atoms with Crippen molar-refractivity contribution >= 4 is 34.1 Å². The van der Waals surface area contributed by atoms with Gasteiger partial charge in [0.2, 0.25) is 0 Å². The van der Waals surface area contributed by atoms with Crippen LogP contribution in [0.4, 0.5) is 14.5 Å². The number of halogens is 3. The average Bonchev–Trinajstić information content (AvgIpc) is 3.38. The molecule has 0 spiro atoms. The predicted octanol–water partition coefficient (Wildman–Crippen LogP) is 10.0. The van der Waals surface area contributed by atoms with Crippen molar-refractivity contribution in [1.82, 2.24) is 0 Å². The predicted molar refractivity (Wildman–Crippen MR) is 182 cm³/mol. The van der Waals surface area contributed by atoms with Crippen molar-refractivity contribution in [2.45, 2.75) is 37.7 Å². The van der Waals surface area contributed by atoms with Crippen molar-refractivity contribution < 1.29 is 18.3 Å². The fourth-order valence-electron chi connectivity index (χ4n) is 8.06. The van der Waals surface area contributed by atoms with Crippen LogP contribution < -0.4 is 9.64 Å². The minimum atomic E-state index is -1.01. The number of fused-ring (bicyclic) bond motifs is 8. The SMILES string of the molecule is CCC1(CC)c2cc(F)ccc2-c2c1c1c(c3cc(F)ccc23)OC(c2ccc(Cl)cc2)(c2ccc(N3CCOCC3)cc2)C=C1. The number of hydrogen-bond acceptors (Lipinski definition) is 3. The van der Waals surface area contributed by atoms with Crippen LogP contribution in [0.1, 0.15) is 54.5 Å². The highest BCUT2D eigenvalue weighted by atomic mass is 35.5. The van der Waals surface area contributed by atoms with Crippen molar-refractivity contribution in [2.24, 2.45) is 0 Å². The van der Waals surface area contributed by atoms with Crippen molar-refractivity contribution in [2.75, 3.05) is 31.2 Å². The number of hydrogen-bond donors (Lipinski definition) is 0. The molecule has 5 aromatic rings. The van der Waals surface area contributed by atoms with Crippen molar-refractivity contribution in [3.63, 3.8) is 0 Å². The quantitative estimate of drug-likeness (QED) is 0.192. The van der Waals surface area contributed by atoms with Crippen LogP contribution in [-0.2, 0) is 15.8 Å². The Kier molecular flexibility index (Phi) is 6.97. The molecule has 232 valence electrons. The molecule has 0 N–H and O–H groups in total. The number of rotatable bonds is 5. The van der Waals surface area contributed by atoms with E-state index in [9.17, 15) is 4.39 Å². The van der Waals surface area contributed by atoms with Crippen molar-refractivity contribution in [3.05, 3.63) is 135 Å². The third-order valence-corrected chi connectivity index (χ3v) is 10.7. The van der Waals surface area contributed by atoms with Crippen LogP contribution in [0.15, 0.2) is 91.0 Å². The molecule has 1 unspecified atom stereocenters. The Balaban J connectivity index is 1.39. The van der Waals surface area contributed by atoms with Gasteiger partial charge in [-0.2, -0.15) is 0 Å². The summed E-state index contributed by atoms with van der Waals surface area (Å²) in [4.78, 5) is 2.32. The minimum Gasteiger partial charge on any atom is -0.472 e. The molecule has 3 nitrogen and oxygen atoms in total. The van der Waals surface area contributed by atoms with Crippen LogP contribution in [0.3, 0.4) is 0 Å². The van der Waals surface area contributed by atoms with Crippen LogP contribution >= 0.6 is 11.6 Å².